The average molecular weight is 289 g/mol. The highest BCUT2D eigenvalue weighted by Crippen LogP contribution is 2.14. The fourth-order valence-corrected chi connectivity index (χ4v) is 1.89. The van der Waals surface area contributed by atoms with Crippen LogP contribution in [0.25, 0.3) is 0 Å². The first-order chi connectivity index (χ1) is 7.47. The third kappa shape index (κ3) is 4.72. The first kappa shape index (κ1) is 13.1. The summed E-state index contributed by atoms with van der Waals surface area (Å²) in [7, 11) is 0. The number of nitrogens with two attached hydrogens (primary N) is 1. The Morgan fingerprint density at radius 2 is 2.25 bits per heavy atom. The van der Waals surface area contributed by atoms with Crippen molar-refractivity contribution in [2.45, 2.75) is 25.9 Å². The summed E-state index contributed by atoms with van der Waals surface area (Å²) >= 11 is 3.22. The summed E-state index contributed by atoms with van der Waals surface area (Å²) < 4.78 is 13.7. The summed E-state index contributed by atoms with van der Waals surface area (Å²) in [5.74, 6) is -0.630. The molecule has 0 spiro atoms. The number of halogens is 2. The Labute approximate surface area is 102 Å². The minimum Gasteiger partial charge on any atom is -0.370 e. The summed E-state index contributed by atoms with van der Waals surface area (Å²) in [5.41, 5.74) is 5.89. The fraction of sp³-hybridized carbons (Fsp3) is 0.364. The van der Waals surface area contributed by atoms with Crippen LogP contribution >= 0.6 is 15.9 Å². The zero-order chi connectivity index (χ0) is 12.1. The molecule has 1 rings (SSSR count). The largest absolute Gasteiger partial charge is 0.370 e. The molecule has 0 aliphatic carbocycles. The topological polar surface area (TPSA) is 55.1 Å². The van der Waals surface area contributed by atoms with Gasteiger partial charge < -0.3 is 11.1 Å². The number of benzene rings is 1. The Kier molecular flexibility index (Phi) is 4.89. The zero-order valence-electron chi connectivity index (χ0n) is 8.97. The van der Waals surface area contributed by atoms with E-state index < -0.39 is 0 Å². The molecule has 1 atom stereocenters. The molecule has 0 saturated heterocycles. The van der Waals surface area contributed by atoms with Crippen LogP contribution in [0.15, 0.2) is 22.7 Å². The van der Waals surface area contributed by atoms with Gasteiger partial charge in [0.05, 0.1) is 0 Å². The van der Waals surface area contributed by atoms with E-state index in [1.165, 1.54) is 12.1 Å². The smallest absolute Gasteiger partial charge is 0.218 e. The molecule has 3 N–H and O–H groups in total. The molecular weight excluding hydrogens is 275 g/mol. The van der Waals surface area contributed by atoms with Crippen molar-refractivity contribution in [3.05, 3.63) is 34.1 Å². The maximum atomic E-state index is 13.0. The second kappa shape index (κ2) is 5.96. The third-order valence-corrected chi connectivity index (χ3v) is 2.54. The van der Waals surface area contributed by atoms with Crippen LogP contribution in [0, 0.1) is 5.82 Å². The van der Waals surface area contributed by atoms with Crippen LogP contribution in [-0.2, 0) is 11.3 Å². The second-order valence-electron chi connectivity index (χ2n) is 3.73. The molecule has 0 heterocycles. The highest BCUT2D eigenvalue weighted by atomic mass is 79.9. The average Bonchev–Trinajstić information content (AvgIpc) is 2.12. The Morgan fingerprint density at radius 3 is 2.81 bits per heavy atom. The molecule has 1 aromatic rings. The minimum absolute atomic E-state index is 0.0143. The standard InChI is InChI=1S/C11H14BrFN2O/c1-7(2-11(14)16)15-6-8-3-9(12)5-10(13)4-8/h3-5,7,15H,2,6H2,1H3,(H2,14,16). The molecule has 1 amide bonds. The molecule has 0 radical (unpaired) electrons. The molecule has 88 valence electrons. The van der Waals surface area contributed by atoms with Gasteiger partial charge in [-0.05, 0) is 30.7 Å². The lowest BCUT2D eigenvalue weighted by Gasteiger charge is -2.12. The van der Waals surface area contributed by atoms with Crippen LogP contribution in [0.3, 0.4) is 0 Å². The molecule has 1 unspecified atom stereocenters. The van der Waals surface area contributed by atoms with E-state index in [1.54, 1.807) is 0 Å². The van der Waals surface area contributed by atoms with Crippen LogP contribution in [0.1, 0.15) is 18.9 Å². The van der Waals surface area contributed by atoms with E-state index in [1.807, 2.05) is 13.0 Å². The fourth-order valence-electron chi connectivity index (χ4n) is 1.38. The van der Waals surface area contributed by atoms with Gasteiger partial charge in [0.2, 0.25) is 5.91 Å². The van der Waals surface area contributed by atoms with Crippen LogP contribution in [-0.4, -0.2) is 11.9 Å². The summed E-state index contributed by atoms with van der Waals surface area (Å²) in [6.45, 7) is 2.36. The lowest BCUT2D eigenvalue weighted by Crippen LogP contribution is -2.30. The van der Waals surface area contributed by atoms with Crippen LogP contribution in [0.4, 0.5) is 4.39 Å². The van der Waals surface area contributed by atoms with Crippen molar-refractivity contribution in [3.8, 4) is 0 Å². The normalized spacial score (nSPS) is 12.4. The number of hydrogen-bond acceptors (Lipinski definition) is 2. The lowest BCUT2D eigenvalue weighted by atomic mass is 10.2. The van der Waals surface area contributed by atoms with E-state index in [0.29, 0.717) is 11.0 Å². The van der Waals surface area contributed by atoms with Crippen molar-refractivity contribution in [2.24, 2.45) is 5.73 Å². The number of rotatable bonds is 5. The van der Waals surface area contributed by atoms with Gasteiger partial charge in [-0.2, -0.15) is 0 Å². The van der Waals surface area contributed by atoms with E-state index in [-0.39, 0.29) is 24.2 Å². The van der Waals surface area contributed by atoms with Crippen molar-refractivity contribution in [1.29, 1.82) is 0 Å². The highest BCUT2D eigenvalue weighted by molar-refractivity contribution is 9.10. The van der Waals surface area contributed by atoms with Gasteiger partial charge >= 0.3 is 0 Å². The predicted octanol–water partition coefficient (Wildman–Crippen LogP) is 1.94. The lowest BCUT2D eigenvalue weighted by molar-refractivity contribution is -0.118. The summed E-state index contributed by atoms with van der Waals surface area (Å²) in [6.07, 6.45) is 0.274. The van der Waals surface area contributed by atoms with E-state index in [0.717, 1.165) is 5.56 Å². The first-order valence-corrected chi connectivity index (χ1v) is 5.73. The predicted molar refractivity (Wildman–Crippen MR) is 64.2 cm³/mol. The van der Waals surface area contributed by atoms with Crippen LogP contribution < -0.4 is 11.1 Å². The van der Waals surface area contributed by atoms with Crippen molar-refractivity contribution in [1.82, 2.24) is 5.32 Å². The van der Waals surface area contributed by atoms with Crippen molar-refractivity contribution >= 4 is 21.8 Å². The molecule has 0 aliphatic heterocycles. The molecular formula is C11H14BrFN2O. The van der Waals surface area contributed by atoms with E-state index in [9.17, 15) is 9.18 Å². The molecule has 0 bridgehead atoms. The molecule has 1 aromatic carbocycles. The van der Waals surface area contributed by atoms with E-state index >= 15 is 0 Å². The molecule has 0 aromatic heterocycles. The third-order valence-electron chi connectivity index (χ3n) is 2.08. The molecule has 0 saturated carbocycles. The van der Waals surface area contributed by atoms with Gasteiger partial charge in [0, 0.05) is 23.5 Å². The Balaban J connectivity index is 2.51. The van der Waals surface area contributed by atoms with Gasteiger partial charge in [0.25, 0.3) is 0 Å². The van der Waals surface area contributed by atoms with E-state index in [2.05, 4.69) is 21.2 Å². The number of primary amides is 1. The van der Waals surface area contributed by atoms with Gasteiger partial charge in [-0.25, -0.2) is 4.39 Å². The quantitative estimate of drug-likeness (QED) is 0.870. The van der Waals surface area contributed by atoms with Gasteiger partial charge in [-0.1, -0.05) is 15.9 Å². The Morgan fingerprint density at radius 1 is 1.56 bits per heavy atom. The van der Waals surface area contributed by atoms with Crippen molar-refractivity contribution in [3.63, 3.8) is 0 Å². The van der Waals surface area contributed by atoms with Gasteiger partial charge in [0.1, 0.15) is 5.82 Å². The number of carbonyl (C=O) groups excluding carboxylic acids is 1. The monoisotopic (exact) mass is 288 g/mol. The summed E-state index contributed by atoms with van der Waals surface area (Å²) in [6, 6.07) is 4.66. The number of carbonyl (C=O) groups is 1. The molecule has 16 heavy (non-hydrogen) atoms. The SMILES string of the molecule is CC(CC(N)=O)NCc1cc(F)cc(Br)c1. The maximum absolute atomic E-state index is 13.0. The molecule has 3 nitrogen and oxygen atoms in total. The second-order valence-corrected chi connectivity index (χ2v) is 4.65. The summed E-state index contributed by atoms with van der Waals surface area (Å²) in [5, 5.41) is 3.10. The van der Waals surface area contributed by atoms with Gasteiger partial charge in [-0.3, -0.25) is 4.79 Å². The first-order valence-electron chi connectivity index (χ1n) is 4.94. The highest BCUT2D eigenvalue weighted by Gasteiger charge is 2.06. The minimum atomic E-state index is -0.347. The van der Waals surface area contributed by atoms with Crippen LogP contribution in [0.2, 0.25) is 0 Å². The summed E-state index contributed by atoms with van der Waals surface area (Å²) in [4.78, 5) is 10.6. The zero-order valence-corrected chi connectivity index (χ0v) is 10.6. The number of nitrogens with one attached hydrogen (secondary N) is 1. The maximum Gasteiger partial charge on any atom is 0.218 e. The van der Waals surface area contributed by atoms with Crippen LogP contribution in [0.5, 0.6) is 0 Å². The molecule has 0 fully saturated rings. The molecule has 5 heteroatoms. The number of hydrogen-bond donors (Lipinski definition) is 2. The Hall–Kier alpha value is -0.940. The number of amides is 1. The Bertz CT molecular complexity index is 364. The van der Waals surface area contributed by atoms with Gasteiger partial charge in [0.15, 0.2) is 0 Å². The van der Waals surface area contributed by atoms with E-state index in [4.69, 9.17) is 5.73 Å². The van der Waals surface area contributed by atoms with Crippen molar-refractivity contribution in [2.75, 3.05) is 0 Å². The van der Waals surface area contributed by atoms with Gasteiger partial charge in [-0.15, -0.1) is 0 Å². The molecule has 0 aliphatic rings. The van der Waals surface area contributed by atoms with Crippen molar-refractivity contribution < 1.29 is 9.18 Å².